The lowest BCUT2D eigenvalue weighted by molar-refractivity contribution is -0.118. The second-order valence-corrected chi connectivity index (χ2v) is 3.85. The molecule has 0 aliphatic rings. The zero-order valence-electron chi connectivity index (χ0n) is 9.92. The van der Waals surface area contributed by atoms with E-state index in [0.29, 0.717) is 18.6 Å². The van der Waals surface area contributed by atoms with Crippen molar-refractivity contribution in [3.8, 4) is 0 Å². The molecule has 0 N–H and O–H groups in total. The van der Waals surface area contributed by atoms with Crippen molar-refractivity contribution in [2.45, 2.75) is 46.0 Å². The first-order valence-electron chi connectivity index (χ1n) is 5.70. The number of carbonyl (C=O) groups is 1. The van der Waals surface area contributed by atoms with Gasteiger partial charge >= 0.3 is 0 Å². The first-order valence-corrected chi connectivity index (χ1v) is 5.70. The van der Waals surface area contributed by atoms with E-state index >= 15 is 0 Å². The topological polar surface area (TPSA) is 34.9 Å². The maximum Gasteiger partial charge on any atom is 0.132 e. The molecule has 1 heterocycles. The van der Waals surface area contributed by atoms with Gasteiger partial charge in [-0.1, -0.05) is 13.8 Å². The SMILES string of the molecule is CCC(=O)CCCc1cc(CC)nn1C. The molecule has 3 nitrogen and oxygen atoms in total. The summed E-state index contributed by atoms with van der Waals surface area (Å²) in [5.41, 5.74) is 2.37. The third-order valence-electron chi connectivity index (χ3n) is 2.67. The fourth-order valence-electron chi connectivity index (χ4n) is 1.62. The number of Topliss-reactive ketones (excluding diaryl/α,β-unsaturated/α-hetero) is 1. The van der Waals surface area contributed by atoms with Crippen molar-refractivity contribution in [1.29, 1.82) is 0 Å². The zero-order valence-corrected chi connectivity index (χ0v) is 9.92. The molecule has 15 heavy (non-hydrogen) atoms. The molecule has 1 aromatic rings. The Morgan fingerprint density at radius 1 is 1.47 bits per heavy atom. The van der Waals surface area contributed by atoms with Crippen LogP contribution in [0.15, 0.2) is 6.07 Å². The Morgan fingerprint density at radius 3 is 2.73 bits per heavy atom. The van der Waals surface area contributed by atoms with Crippen molar-refractivity contribution in [3.05, 3.63) is 17.5 Å². The summed E-state index contributed by atoms with van der Waals surface area (Å²) in [7, 11) is 1.97. The van der Waals surface area contributed by atoms with Gasteiger partial charge in [0.2, 0.25) is 0 Å². The molecule has 0 atom stereocenters. The molecule has 0 saturated heterocycles. The first-order chi connectivity index (χ1) is 7.17. The van der Waals surface area contributed by atoms with E-state index in [1.807, 2.05) is 18.7 Å². The van der Waals surface area contributed by atoms with Gasteiger partial charge in [0.15, 0.2) is 0 Å². The van der Waals surface area contributed by atoms with Crippen molar-refractivity contribution < 1.29 is 4.79 Å². The molecule has 0 aliphatic heterocycles. The van der Waals surface area contributed by atoms with Gasteiger partial charge in [-0.25, -0.2) is 0 Å². The number of hydrogen-bond acceptors (Lipinski definition) is 2. The minimum atomic E-state index is 0.355. The highest BCUT2D eigenvalue weighted by Gasteiger charge is 2.04. The van der Waals surface area contributed by atoms with Crippen molar-refractivity contribution in [1.82, 2.24) is 9.78 Å². The maximum absolute atomic E-state index is 11.1. The Kier molecular flexibility index (Phi) is 4.53. The van der Waals surface area contributed by atoms with Crippen molar-refractivity contribution in [2.24, 2.45) is 7.05 Å². The third kappa shape index (κ3) is 3.50. The maximum atomic E-state index is 11.1. The number of aromatic nitrogens is 2. The molecule has 0 fully saturated rings. The normalized spacial score (nSPS) is 10.6. The Morgan fingerprint density at radius 2 is 2.20 bits per heavy atom. The zero-order chi connectivity index (χ0) is 11.3. The minimum absolute atomic E-state index is 0.355. The van der Waals surface area contributed by atoms with Gasteiger partial charge in [-0.05, 0) is 25.3 Å². The molecule has 0 saturated carbocycles. The van der Waals surface area contributed by atoms with Crippen LogP contribution in [-0.2, 0) is 24.7 Å². The van der Waals surface area contributed by atoms with Crippen LogP contribution in [-0.4, -0.2) is 15.6 Å². The van der Waals surface area contributed by atoms with E-state index < -0.39 is 0 Å². The number of nitrogens with zero attached hydrogens (tertiary/aromatic N) is 2. The van der Waals surface area contributed by atoms with E-state index in [-0.39, 0.29) is 0 Å². The molecule has 3 heteroatoms. The molecule has 0 aliphatic carbocycles. The fourth-order valence-corrected chi connectivity index (χ4v) is 1.62. The predicted molar refractivity (Wildman–Crippen MR) is 60.8 cm³/mol. The quantitative estimate of drug-likeness (QED) is 0.719. The van der Waals surface area contributed by atoms with Crippen LogP contribution in [0.2, 0.25) is 0 Å². The second kappa shape index (κ2) is 5.69. The van der Waals surface area contributed by atoms with Crippen molar-refractivity contribution in [3.63, 3.8) is 0 Å². The highest BCUT2D eigenvalue weighted by atomic mass is 16.1. The van der Waals surface area contributed by atoms with Gasteiger partial charge in [-0.3, -0.25) is 9.48 Å². The van der Waals surface area contributed by atoms with Crippen LogP contribution in [0.3, 0.4) is 0 Å². The highest BCUT2D eigenvalue weighted by molar-refractivity contribution is 5.77. The Bertz CT molecular complexity index is 328. The molecule has 1 rings (SSSR count). The average Bonchev–Trinajstić information content (AvgIpc) is 2.59. The first kappa shape index (κ1) is 12.0. The highest BCUT2D eigenvalue weighted by Crippen LogP contribution is 2.08. The summed E-state index contributed by atoms with van der Waals surface area (Å²) in [5.74, 6) is 0.355. The summed E-state index contributed by atoms with van der Waals surface area (Å²) >= 11 is 0. The average molecular weight is 208 g/mol. The largest absolute Gasteiger partial charge is 0.300 e. The van der Waals surface area contributed by atoms with Crippen molar-refractivity contribution in [2.75, 3.05) is 0 Å². The van der Waals surface area contributed by atoms with Gasteiger partial charge in [0.05, 0.1) is 5.69 Å². The van der Waals surface area contributed by atoms with Crippen LogP contribution in [0.25, 0.3) is 0 Å². The van der Waals surface area contributed by atoms with Crippen LogP contribution in [0.4, 0.5) is 0 Å². The number of carbonyl (C=O) groups excluding carboxylic acids is 1. The molecule has 0 spiro atoms. The second-order valence-electron chi connectivity index (χ2n) is 3.85. The smallest absolute Gasteiger partial charge is 0.132 e. The lowest BCUT2D eigenvalue weighted by Crippen LogP contribution is -2.01. The van der Waals surface area contributed by atoms with E-state index in [1.54, 1.807) is 0 Å². The van der Waals surface area contributed by atoms with Gasteiger partial charge < -0.3 is 0 Å². The Hall–Kier alpha value is -1.12. The molecule has 0 radical (unpaired) electrons. The van der Waals surface area contributed by atoms with E-state index in [1.165, 1.54) is 5.69 Å². The van der Waals surface area contributed by atoms with Gasteiger partial charge in [0.25, 0.3) is 0 Å². The van der Waals surface area contributed by atoms with Gasteiger partial charge in [0.1, 0.15) is 5.78 Å². The van der Waals surface area contributed by atoms with Gasteiger partial charge in [-0.2, -0.15) is 5.10 Å². The Balaban J connectivity index is 2.43. The summed E-state index contributed by atoms with van der Waals surface area (Å²) < 4.78 is 1.93. The summed E-state index contributed by atoms with van der Waals surface area (Å²) in [5, 5.41) is 4.38. The summed E-state index contributed by atoms with van der Waals surface area (Å²) in [6.07, 6.45) is 4.22. The summed E-state index contributed by atoms with van der Waals surface area (Å²) in [4.78, 5) is 11.1. The molecule has 0 aromatic carbocycles. The number of rotatable bonds is 6. The standard InChI is InChI=1S/C12H20N2O/c1-4-10-9-11(14(3)13-10)7-6-8-12(15)5-2/h9H,4-8H2,1-3H3. The van der Waals surface area contributed by atoms with E-state index in [4.69, 9.17) is 0 Å². The van der Waals surface area contributed by atoms with Crippen LogP contribution >= 0.6 is 0 Å². The fraction of sp³-hybridized carbons (Fsp3) is 0.667. The minimum Gasteiger partial charge on any atom is -0.300 e. The lowest BCUT2D eigenvalue weighted by atomic mass is 10.1. The molecule has 0 unspecified atom stereocenters. The Labute approximate surface area is 91.5 Å². The molecule has 0 bridgehead atoms. The molecule has 84 valence electrons. The predicted octanol–water partition coefficient (Wildman–Crippen LogP) is 2.28. The van der Waals surface area contributed by atoms with Crippen LogP contribution in [0, 0.1) is 0 Å². The van der Waals surface area contributed by atoms with Crippen LogP contribution in [0.1, 0.15) is 44.5 Å². The number of aryl methyl sites for hydroxylation is 3. The monoisotopic (exact) mass is 208 g/mol. The summed E-state index contributed by atoms with van der Waals surface area (Å²) in [6, 6.07) is 2.14. The van der Waals surface area contributed by atoms with E-state index in [2.05, 4.69) is 18.1 Å². The molecule has 1 aromatic heterocycles. The lowest BCUT2D eigenvalue weighted by Gasteiger charge is -2.00. The number of hydrogen-bond donors (Lipinski definition) is 0. The van der Waals surface area contributed by atoms with Crippen LogP contribution in [0.5, 0.6) is 0 Å². The molecule has 0 amide bonds. The molecular formula is C12H20N2O. The van der Waals surface area contributed by atoms with Gasteiger partial charge in [-0.15, -0.1) is 0 Å². The summed E-state index contributed by atoms with van der Waals surface area (Å²) in [6.45, 7) is 4.02. The van der Waals surface area contributed by atoms with Crippen molar-refractivity contribution >= 4 is 5.78 Å². The molecular weight excluding hydrogens is 188 g/mol. The van der Waals surface area contributed by atoms with E-state index in [9.17, 15) is 4.79 Å². The van der Waals surface area contributed by atoms with Gasteiger partial charge in [0, 0.05) is 25.6 Å². The van der Waals surface area contributed by atoms with E-state index in [0.717, 1.165) is 25.0 Å². The third-order valence-corrected chi connectivity index (χ3v) is 2.67. The number of ketones is 1. The van der Waals surface area contributed by atoms with Crippen LogP contribution < -0.4 is 0 Å².